The van der Waals surface area contributed by atoms with Crippen molar-refractivity contribution < 1.29 is 9.72 Å². The summed E-state index contributed by atoms with van der Waals surface area (Å²) in [6, 6.07) is 20.5. The van der Waals surface area contributed by atoms with Gasteiger partial charge in [0.1, 0.15) is 5.82 Å². The Morgan fingerprint density at radius 1 is 1.02 bits per heavy atom. The number of H-pyrrole nitrogens is 1. The summed E-state index contributed by atoms with van der Waals surface area (Å²) in [5.74, 6) is 0.536. The predicted octanol–water partition coefficient (Wildman–Crippen LogP) is 6.25. The van der Waals surface area contributed by atoms with Gasteiger partial charge in [-0.05, 0) is 68.6 Å². The fraction of sp³-hybridized carbons (Fsp3) is 0.250. The Balaban J connectivity index is 1.34. The highest BCUT2D eigenvalue weighted by Gasteiger charge is 2.30. The van der Waals surface area contributed by atoms with Gasteiger partial charge < -0.3 is 20.5 Å². The number of hydrogen-bond acceptors (Lipinski definition) is 6. The Morgan fingerprint density at radius 3 is 2.46 bits per heavy atom. The minimum atomic E-state index is -0.444. The van der Waals surface area contributed by atoms with E-state index in [4.69, 9.17) is 0 Å². The molecule has 3 aromatic carbocycles. The molecule has 4 aromatic rings. The fourth-order valence-corrected chi connectivity index (χ4v) is 5.54. The van der Waals surface area contributed by atoms with Crippen molar-refractivity contribution in [3.05, 3.63) is 106 Å². The number of amides is 1. The normalized spacial score (nSPS) is 16.3. The Morgan fingerprint density at radius 2 is 1.78 bits per heavy atom. The molecule has 2 aliphatic heterocycles. The van der Waals surface area contributed by atoms with E-state index in [1.165, 1.54) is 37.0 Å². The maximum Gasteiger partial charge on any atom is 0.270 e. The third-order valence-corrected chi connectivity index (χ3v) is 7.77. The second kappa shape index (κ2) is 11.4. The molecule has 0 radical (unpaired) electrons. The molecule has 208 valence electrons. The number of benzene rings is 3. The van der Waals surface area contributed by atoms with Gasteiger partial charge >= 0.3 is 0 Å². The molecule has 1 saturated heterocycles. The second-order valence-corrected chi connectivity index (χ2v) is 10.6. The number of carbonyl (C=O) groups is 1. The van der Waals surface area contributed by atoms with Crippen LogP contribution in [0.2, 0.25) is 0 Å². The Bertz CT molecular complexity index is 1620. The van der Waals surface area contributed by atoms with Gasteiger partial charge in [-0.25, -0.2) is 4.98 Å². The number of likely N-dealkylation sites (tertiary alicyclic amines) is 1. The van der Waals surface area contributed by atoms with E-state index in [1.807, 2.05) is 49.5 Å². The number of rotatable bonds is 8. The third-order valence-electron chi connectivity index (χ3n) is 7.77. The van der Waals surface area contributed by atoms with Gasteiger partial charge in [0.15, 0.2) is 0 Å². The van der Waals surface area contributed by atoms with Crippen LogP contribution in [0, 0.1) is 17.0 Å². The molecule has 9 heteroatoms. The van der Waals surface area contributed by atoms with E-state index in [0.29, 0.717) is 22.5 Å². The first-order chi connectivity index (χ1) is 19.9. The summed E-state index contributed by atoms with van der Waals surface area (Å²) in [7, 11) is 0. The number of aromatic nitrogens is 2. The number of aryl methyl sites for hydroxylation is 1. The molecule has 6 rings (SSSR count). The number of hydrogen-bond donors (Lipinski definition) is 3. The molecule has 9 nitrogen and oxygen atoms in total. The zero-order valence-corrected chi connectivity index (χ0v) is 22.9. The third kappa shape index (κ3) is 5.76. The van der Waals surface area contributed by atoms with Gasteiger partial charge in [0.05, 0.1) is 21.9 Å². The van der Waals surface area contributed by atoms with Gasteiger partial charge in [-0.3, -0.25) is 14.9 Å². The first-order valence-electron chi connectivity index (χ1n) is 14.0. The van der Waals surface area contributed by atoms with Gasteiger partial charge in [0.25, 0.3) is 11.6 Å². The minimum Gasteiger partial charge on any atom is -0.354 e. The van der Waals surface area contributed by atoms with Crippen LogP contribution in [0.25, 0.3) is 22.5 Å². The van der Waals surface area contributed by atoms with Crippen LogP contribution in [0.4, 0.5) is 17.1 Å². The van der Waals surface area contributed by atoms with E-state index in [0.717, 1.165) is 54.4 Å². The lowest BCUT2D eigenvalue weighted by Gasteiger charge is -2.26. The van der Waals surface area contributed by atoms with Crippen molar-refractivity contribution in [1.82, 2.24) is 14.9 Å². The fourth-order valence-electron chi connectivity index (χ4n) is 5.54. The molecule has 1 amide bonds. The summed E-state index contributed by atoms with van der Waals surface area (Å²) < 4.78 is 0. The number of nitrogens with zero attached hydrogens (tertiary/aromatic N) is 3. The van der Waals surface area contributed by atoms with Crippen molar-refractivity contribution in [1.29, 1.82) is 0 Å². The standard InChI is InChI=1S/C32H32N6O3/c1-21-33-20-29(34-21)23-9-11-25(12-10-23)35-31(30-27-19-26(38(40)41)13-14-28(27)36-32(30)39)24-7-5-22(6-8-24)15-18-37-16-3-2-4-17-37/h5-14,19-20,35H,2-4,15-18H2,1H3,(H,33,34)(H,36,39). The number of fused-ring (bicyclic) bond motifs is 1. The molecule has 1 fully saturated rings. The summed E-state index contributed by atoms with van der Waals surface area (Å²) in [5.41, 5.74) is 6.60. The number of anilines is 2. The van der Waals surface area contributed by atoms with E-state index in [9.17, 15) is 14.9 Å². The number of non-ortho nitro benzene ring substituents is 1. The van der Waals surface area contributed by atoms with Gasteiger partial charge in [-0.15, -0.1) is 0 Å². The van der Waals surface area contributed by atoms with Crippen molar-refractivity contribution in [2.45, 2.75) is 32.6 Å². The maximum absolute atomic E-state index is 13.3. The van der Waals surface area contributed by atoms with E-state index < -0.39 is 4.92 Å². The van der Waals surface area contributed by atoms with Crippen molar-refractivity contribution in [3.63, 3.8) is 0 Å². The van der Waals surface area contributed by atoms with Crippen molar-refractivity contribution >= 4 is 34.2 Å². The molecule has 3 N–H and O–H groups in total. The molecule has 0 bridgehead atoms. The van der Waals surface area contributed by atoms with E-state index in [-0.39, 0.29) is 11.6 Å². The Hall–Kier alpha value is -4.76. The molecule has 0 saturated carbocycles. The van der Waals surface area contributed by atoms with Crippen molar-refractivity contribution in [2.24, 2.45) is 0 Å². The largest absolute Gasteiger partial charge is 0.354 e. The lowest BCUT2D eigenvalue weighted by Crippen LogP contribution is -2.31. The number of imidazole rings is 1. The molecule has 1 aromatic heterocycles. The number of piperidine rings is 1. The Kier molecular flexibility index (Phi) is 7.35. The molecular formula is C32H32N6O3. The van der Waals surface area contributed by atoms with E-state index >= 15 is 0 Å². The first kappa shape index (κ1) is 26.5. The topological polar surface area (TPSA) is 116 Å². The molecule has 0 atom stereocenters. The van der Waals surface area contributed by atoms with Crippen molar-refractivity contribution in [2.75, 3.05) is 30.3 Å². The highest BCUT2D eigenvalue weighted by molar-refractivity contribution is 6.37. The van der Waals surface area contributed by atoms with Gasteiger partial charge in [-0.1, -0.05) is 42.8 Å². The quantitative estimate of drug-likeness (QED) is 0.136. The zero-order chi connectivity index (χ0) is 28.3. The van der Waals surface area contributed by atoms with Gasteiger partial charge in [0.2, 0.25) is 0 Å². The minimum absolute atomic E-state index is 0.0659. The summed E-state index contributed by atoms with van der Waals surface area (Å²) in [6.45, 7) is 5.27. The summed E-state index contributed by atoms with van der Waals surface area (Å²) in [6.07, 6.45) is 6.69. The number of nitro groups is 1. The molecule has 0 aliphatic carbocycles. The van der Waals surface area contributed by atoms with E-state index in [1.54, 1.807) is 6.07 Å². The average Bonchev–Trinajstić information content (AvgIpc) is 3.57. The predicted molar refractivity (Wildman–Crippen MR) is 161 cm³/mol. The maximum atomic E-state index is 13.3. The van der Waals surface area contributed by atoms with Crippen molar-refractivity contribution in [3.8, 4) is 11.3 Å². The van der Waals surface area contributed by atoms with Crippen LogP contribution >= 0.6 is 0 Å². The molecule has 2 aliphatic rings. The lowest BCUT2D eigenvalue weighted by atomic mass is 9.98. The number of nitrogens with one attached hydrogen (secondary N) is 3. The molecule has 0 spiro atoms. The highest BCUT2D eigenvalue weighted by Crippen LogP contribution is 2.39. The van der Waals surface area contributed by atoms with E-state index in [2.05, 4.69) is 37.6 Å². The molecule has 0 unspecified atom stereocenters. The summed E-state index contributed by atoms with van der Waals surface area (Å²) >= 11 is 0. The number of nitro benzene ring substituents is 1. The van der Waals surface area contributed by atoms with Crippen LogP contribution in [0.3, 0.4) is 0 Å². The Labute approximate surface area is 238 Å². The van der Waals surface area contributed by atoms with Crippen LogP contribution in [0.15, 0.2) is 72.9 Å². The lowest BCUT2D eigenvalue weighted by molar-refractivity contribution is -0.384. The SMILES string of the molecule is Cc1nc(-c2ccc(NC(=C3C(=O)Nc4ccc([N+](=O)[O-])cc43)c3ccc(CCN4CCCCC4)cc3)cc2)c[nH]1. The highest BCUT2D eigenvalue weighted by atomic mass is 16.6. The van der Waals surface area contributed by atoms with Gasteiger partial charge in [0, 0.05) is 47.4 Å². The second-order valence-electron chi connectivity index (χ2n) is 10.6. The zero-order valence-electron chi connectivity index (χ0n) is 22.9. The summed E-state index contributed by atoms with van der Waals surface area (Å²) in [4.78, 5) is 34.5. The van der Waals surface area contributed by atoms with Crippen LogP contribution in [0.1, 0.15) is 41.8 Å². The first-order valence-corrected chi connectivity index (χ1v) is 14.0. The smallest absolute Gasteiger partial charge is 0.270 e. The number of carbonyl (C=O) groups excluding carboxylic acids is 1. The van der Waals surface area contributed by atoms with Gasteiger partial charge in [-0.2, -0.15) is 0 Å². The average molecular weight is 549 g/mol. The van der Waals surface area contributed by atoms with Crippen LogP contribution in [0.5, 0.6) is 0 Å². The molecular weight excluding hydrogens is 516 g/mol. The molecule has 3 heterocycles. The van der Waals surface area contributed by atoms with Crippen LogP contribution < -0.4 is 10.6 Å². The van der Waals surface area contributed by atoms with Crippen LogP contribution in [-0.4, -0.2) is 45.3 Å². The number of aromatic amines is 1. The monoisotopic (exact) mass is 548 g/mol. The van der Waals surface area contributed by atoms with Crippen LogP contribution in [-0.2, 0) is 11.2 Å². The summed E-state index contributed by atoms with van der Waals surface area (Å²) in [5, 5.41) is 17.9. The molecule has 41 heavy (non-hydrogen) atoms.